The number of benzene rings is 2. The highest BCUT2D eigenvalue weighted by molar-refractivity contribution is 6.03. The predicted octanol–water partition coefficient (Wildman–Crippen LogP) is 3.73. The zero-order chi connectivity index (χ0) is 19.1. The third-order valence-electron chi connectivity index (χ3n) is 4.82. The van der Waals surface area contributed by atoms with Crippen molar-refractivity contribution in [2.45, 2.75) is 38.2 Å². The molecule has 1 aliphatic heterocycles. The van der Waals surface area contributed by atoms with Gasteiger partial charge >= 0.3 is 0 Å². The van der Waals surface area contributed by atoms with Crippen molar-refractivity contribution in [2.75, 3.05) is 18.5 Å². The standard InChI is InChI=1S/C22H26N2O3/c1-16(17-8-3-2-4-9-17)14-21(25)24-20-12-6-5-11-19(20)22(26)23-15-18-10-7-13-27-18/h2-6,8-9,11-12,16,18H,7,10,13-15H2,1H3,(H,23,26)(H,24,25). The average Bonchev–Trinajstić information content (AvgIpc) is 3.21. The number of amides is 2. The van der Waals surface area contributed by atoms with Crippen LogP contribution in [-0.4, -0.2) is 31.1 Å². The first-order chi connectivity index (χ1) is 13.1. The number of hydrogen-bond acceptors (Lipinski definition) is 3. The Labute approximate surface area is 160 Å². The molecule has 1 aliphatic rings. The van der Waals surface area contributed by atoms with Gasteiger partial charge in [0.2, 0.25) is 5.91 Å². The maximum Gasteiger partial charge on any atom is 0.253 e. The highest BCUT2D eigenvalue weighted by atomic mass is 16.5. The maximum atomic E-state index is 12.5. The van der Waals surface area contributed by atoms with Gasteiger partial charge in [0.1, 0.15) is 0 Å². The fourth-order valence-electron chi connectivity index (χ4n) is 3.28. The SMILES string of the molecule is CC(CC(=O)Nc1ccccc1C(=O)NCC1CCCO1)c1ccccc1. The Balaban J connectivity index is 1.59. The summed E-state index contributed by atoms with van der Waals surface area (Å²) < 4.78 is 5.54. The highest BCUT2D eigenvalue weighted by Gasteiger charge is 2.19. The molecule has 2 amide bonds. The van der Waals surface area contributed by atoms with Crippen molar-refractivity contribution in [2.24, 2.45) is 0 Å². The number of ether oxygens (including phenoxy) is 1. The molecule has 3 rings (SSSR count). The molecule has 5 heteroatoms. The molecule has 0 aliphatic carbocycles. The van der Waals surface area contributed by atoms with Gasteiger partial charge in [-0.1, -0.05) is 49.4 Å². The lowest BCUT2D eigenvalue weighted by molar-refractivity contribution is -0.116. The van der Waals surface area contributed by atoms with Crippen LogP contribution in [0, 0.1) is 0 Å². The monoisotopic (exact) mass is 366 g/mol. The van der Waals surface area contributed by atoms with Crippen LogP contribution in [0.3, 0.4) is 0 Å². The molecule has 2 atom stereocenters. The van der Waals surface area contributed by atoms with Gasteiger partial charge in [-0.3, -0.25) is 9.59 Å². The van der Waals surface area contributed by atoms with Crippen LogP contribution in [0.5, 0.6) is 0 Å². The highest BCUT2D eigenvalue weighted by Crippen LogP contribution is 2.21. The Morgan fingerprint density at radius 2 is 1.85 bits per heavy atom. The van der Waals surface area contributed by atoms with Crippen molar-refractivity contribution < 1.29 is 14.3 Å². The average molecular weight is 366 g/mol. The van der Waals surface area contributed by atoms with E-state index in [-0.39, 0.29) is 23.8 Å². The van der Waals surface area contributed by atoms with Gasteiger partial charge < -0.3 is 15.4 Å². The summed E-state index contributed by atoms with van der Waals surface area (Å²) in [6.07, 6.45) is 2.45. The molecule has 0 spiro atoms. The van der Waals surface area contributed by atoms with Crippen LogP contribution in [0.1, 0.15) is 48.0 Å². The summed E-state index contributed by atoms with van der Waals surface area (Å²) in [5, 5.41) is 5.79. The van der Waals surface area contributed by atoms with Crippen molar-refractivity contribution in [3.8, 4) is 0 Å². The molecule has 5 nitrogen and oxygen atoms in total. The summed E-state index contributed by atoms with van der Waals surface area (Å²) in [7, 11) is 0. The molecule has 2 unspecified atom stereocenters. The lowest BCUT2D eigenvalue weighted by atomic mass is 9.97. The van der Waals surface area contributed by atoms with E-state index in [1.54, 1.807) is 18.2 Å². The van der Waals surface area contributed by atoms with Gasteiger partial charge in [-0.15, -0.1) is 0 Å². The largest absolute Gasteiger partial charge is 0.376 e. The zero-order valence-electron chi connectivity index (χ0n) is 15.6. The van der Waals surface area contributed by atoms with E-state index in [9.17, 15) is 9.59 Å². The molecule has 2 N–H and O–H groups in total. The molecule has 142 valence electrons. The quantitative estimate of drug-likeness (QED) is 0.785. The number of para-hydroxylation sites is 1. The number of hydrogen-bond donors (Lipinski definition) is 2. The molecule has 2 aromatic carbocycles. The first-order valence-corrected chi connectivity index (χ1v) is 9.47. The smallest absolute Gasteiger partial charge is 0.253 e. The van der Waals surface area contributed by atoms with E-state index in [1.165, 1.54) is 0 Å². The van der Waals surface area contributed by atoms with Crippen LogP contribution in [-0.2, 0) is 9.53 Å². The third kappa shape index (κ3) is 5.41. The van der Waals surface area contributed by atoms with Crippen LogP contribution in [0.25, 0.3) is 0 Å². The van der Waals surface area contributed by atoms with Crippen molar-refractivity contribution >= 4 is 17.5 Å². The Kier molecular flexibility index (Phi) is 6.60. The molecule has 0 bridgehead atoms. The van der Waals surface area contributed by atoms with Crippen LogP contribution in [0.2, 0.25) is 0 Å². The van der Waals surface area contributed by atoms with Crippen LogP contribution in [0.4, 0.5) is 5.69 Å². The van der Waals surface area contributed by atoms with Crippen molar-refractivity contribution in [3.63, 3.8) is 0 Å². The molecule has 27 heavy (non-hydrogen) atoms. The molecule has 0 saturated carbocycles. The number of nitrogens with one attached hydrogen (secondary N) is 2. The van der Waals surface area contributed by atoms with Crippen molar-refractivity contribution in [1.82, 2.24) is 5.32 Å². The molecule has 1 saturated heterocycles. The molecule has 1 heterocycles. The molecular formula is C22H26N2O3. The molecule has 0 radical (unpaired) electrons. The van der Waals surface area contributed by atoms with Gasteiger partial charge in [0.15, 0.2) is 0 Å². The molecule has 1 fully saturated rings. The summed E-state index contributed by atoms with van der Waals surface area (Å²) in [4.78, 5) is 25.0. The fraction of sp³-hybridized carbons (Fsp3) is 0.364. The summed E-state index contributed by atoms with van der Waals surface area (Å²) in [6.45, 7) is 3.27. The number of carbonyl (C=O) groups is 2. The van der Waals surface area contributed by atoms with Gasteiger partial charge in [-0.05, 0) is 36.5 Å². The second-order valence-corrected chi connectivity index (χ2v) is 6.95. The third-order valence-corrected chi connectivity index (χ3v) is 4.82. The van der Waals surface area contributed by atoms with E-state index in [4.69, 9.17) is 4.74 Å². The zero-order valence-corrected chi connectivity index (χ0v) is 15.6. The predicted molar refractivity (Wildman–Crippen MR) is 106 cm³/mol. The fourth-order valence-corrected chi connectivity index (χ4v) is 3.28. The minimum Gasteiger partial charge on any atom is -0.376 e. The summed E-state index contributed by atoms with van der Waals surface area (Å²) in [5.74, 6) is -0.199. The van der Waals surface area contributed by atoms with E-state index in [0.717, 1.165) is 25.0 Å². The topological polar surface area (TPSA) is 67.4 Å². The number of rotatable bonds is 7. The van der Waals surface area contributed by atoms with Gasteiger partial charge in [-0.2, -0.15) is 0 Å². The van der Waals surface area contributed by atoms with E-state index in [0.29, 0.717) is 24.2 Å². The first-order valence-electron chi connectivity index (χ1n) is 9.47. The van der Waals surface area contributed by atoms with Crippen LogP contribution in [0.15, 0.2) is 54.6 Å². The Morgan fingerprint density at radius 1 is 1.11 bits per heavy atom. The van der Waals surface area contributed by atoms with E-state index < -0.39 is 0 Å². The number of anilines is 1. The summed E-state index contributed by atoms with van der Waals surface area (Å²) >= 11 is 0. The minimum absolute atomic E-state index is 0.0856. The lowest BCUT2D eigenvalue weighted by Gasteiger charge is -2.15. The lowest BCUT2D eigenvalue weighted by Crippen LogP contribution is -2.32. The van der Waals surface area contributed by atoms with E-state index in [1.807, 2.05) is 43.3 Å². The van der Waals surface area contributed by atoms with Crippen molar-refractivity contribution in [1.29, 1.82) is 0 Å². The van der Waals surface area contributed by atoms with Crippen LogP contribution >= 0.6 is 0 Å². The van der Waals surface area contributed by atoms with Gasteiger partial charge in [0, 0.05) is 19.6 Å². The Hall–Kier alpha value is -2.66. The molecular weight excluding hydrogens is 340 g/mol. The van der Waals surface area contributed by atoms with E-state index >= 15 is 0 Å². The summed E-state index contributed by atoms with van der Waals surface area (Å²) in [6, 6.07) is 17.0. The first kappa shape index (κ1) is 19.1. The molecule has 2 aromatic rings. The second-order valence-electron chi connectivity index (χ2n) is 6.95. The number of carbonyl (C=O) groups excluding carboxylic acids is 2. The van der Waals surface area contributed by atoms with Gasteiger partial charge in [-0.25, -0.2) is 0 Å². The summed E-state index contributed by atoms with van der Waals surface area (Å²) in [5.41, 5.74) is 2.12. The Bertz CT molecular complexity index is 770. The van der Waals surface area contributed by atoms with Crippen molar-refractivity contribution in [3.05, 3.63) is 65.7 Å². The minimum atomic E-state index is -0.197. The van der Waals surface area contributed by atoms with Gasteiger partial charge in [0.05, 0.1) is 17.4 Å². The normalized spacial score (nSPS) is 17.3. The Morgan fingerprint density at radius 3 is 2.59 bits per heavy atom. The molecule has 0 aromatic heterocycles. The van der Waals surface area contributed by atoms with Crippen LogP contribution < -0.4 is 10.6 Å². The van der Waals surface area contributed by atoms with Gasteiger partial charge in [0.25, 0.3) is 5.91 Å². The second kappa shape index (κ2) is 9.33. The maximum absolute atomic E-state index is 12.5. The van der Waals surface area contributed by atoms with E-state index in [2.05, 4.69) is 10.6 Å².